The van der Waals surface area contributed by atoms with E-state index in [9.17, 15) is 4.79 Å². The topological polar surface area (TPSA) is 42.0 Å². The van der Waals surface area contributed by atoms with E-state index in [2.05, 4.69) is 4.99 Å². The van der Waals surface area contributed by atoms with Crippen LogP contribution in [0.25, 0.3) is 0 Å². The fourth-order valence-corrected chi connectivity index (χ4v) is 0.313. The first-order valence-electron chi connectivity index (χ1n) is 2.08. The van der Waals surface area contributed by atoms with E-state index in [-0.39, 0.29) is 6.10 Å². The van der Waals surface area contributed by atoms with Crippen LogP contribution in [0, 0.1) is 0 Å². The van der Waals surface area contributed by atoms with Crippen molar-refractivity contribution in [3.05, 3.63) is 0 Å². The van der Waals surface area contributed by atoms with Crippen LogP contribution in [0.2, 0.25) is 0 Å². The second-order valence-corrected chi connectivity index (χ2v) is 1.39. The molecular formula is C4H5NO2. The number of nitrogens with zero attached hydrogens (tertiary/aromatic N) is 1. The van der Waals surface area contributed by atoms with Crippen LogP contribution in [0.3, 0.4) is 0 Å². The van der Waals surface area contributed by atoms with Gasteiger partial charge in [-0.1, -0.05) is 0 Å². The third-order valence-electron chi connectivity index (χ3n) is 0.762. The molecule has 0 radical (unpaired) electrons. The van der Waals surface area contributed by atoms with Crippen LogP contribution < -0.4 is 0 Å². The van der Waals surface area contributed by atoms with Crippen LogP contribution in [-0.2, 0) is 9.53 Å². The standard InChI is InChI=1S/C4H5NO2/c6-3-5-1-4-2-7-4/h4H,1-2H2. The van der Waals surface area contributed by atoms with E-state index in [0.717, 1.165) is 6.61 Å². The fraction of sp³-hybridized carbons (Fsp3) is 0.750. The van der Waals surface area contributed by atoms with Gasteiger partial charge in [-0.15, -0.1) is 0 Å². The van der Waals surface area contributed by atoms with Crippen LogP contribution in [0.5, 0.6) is 0 Å². The first-order chi connectivity index (χ1) is 3.43. The molecule has 0 N–H and O–H groups in total. The van der Waals surface area contributed by atoms with Crippen LogP contribution >= 0.6 is 0 Å². The second kappa shape index (κ2) is 1.87. The molecule has 1 heterocycles. The number of epoxide rings is 1. The molecule has 7 heavy (non-hydrogen) atoms. The predicted molar refractivity (Wildman–Crippen MR) is 22.7 cm³/mol. The van der Waals surface area contributed by atoms with Gasteiger partial charge in [-0.3, -0.25) is 0 Å². The number of ether oxygens (including phenoxy) is 1. The highest BCUT2D eigenvalue weighted by Crippen LogP contribution is 2.07. The molecule has 0 aromatic rings. The highest BCUT2D eigenvalue weighted by atomic mass is 16.6. The van der Waals surface area contributed by atoms with Crippen LogP contribution in [-0.4, -0.2) is 25.3 Å². The number of rotatable bonds is 2. The van der Waals surface area contributed by atoms with E-state index >= 15 is 0 Å². The fourth-order valence-electron chi connectivity index (χ4n) is 0.313. The van der Waals surface area contributed by atoms with Gasteiger partial charge in [0.1, 0.15) is 6.10 Å². The Kier molecular flexibility index (Phi) is 1.20. The van der Waals surface area contributed by atoms with Crippen molar-refractivity contribution in [1.82, 2.24) is 0 Å². The number of carbonyl (C=O) groups excluding carboxylic acids is 1. The molecule has 1 rings (SSSR count). The highest BCUT2D eigenvalue weighted by molar-refractivity contribution is 5.32. The Balaban J connectivity index is 2.09. The van der Waals surface area contributed by atoms with E-state index in [1.54, 1.807) is 0 Å². The van der Waals surface area contributed by atoms with Crippen LogP contribution in [0.15, 0.2) is 4.99 Å². The molecule has 1 unspecified atom stereocenters. The average Bonchev–Trinajstić information content (AvgIpc) is 2.42. The zero-order chi connectivity index (χ0) is 5.11. The van der Waals surface area contributed by atoms with Gasteiger partial charge in [-0.2, -0.15) is 0 Å². The molecule has 1 saturated heterocycles. The normalized spacial score (nSPS) is 26.0. The molecular weight excluding hydrogens is 94.0 g/mol. The van der Waals surface area contributed by atoms with Crippen molar-refractivity contribution in [2.75, 3.05) is 13.2 Å². The summed E-state index contributed by atoms with van der Waals surface area (Å²) in [5.74, 6) is 0. The van der Waals surface area contributed by atoms with Gasteiger partial charge in [0.2, 0.25) is 6.08 Å². The van der Waals surface area contributed by atoms with Crippen LogP contribution in [0.4, 0.5) is 0 Å². The Hall–Kier alpha value is -0.660. The van der Waals surface area contributed by atoms with Gasteiger partial charge in [-0.05, 0) is 0 Å². The molecule has 0 amide bonds. The van der Waals surface area contributed by atoms with E-state index in [1.807, 2.05) is 0 Å². The quantitative estimate of drug-likeness (QED) is 0.271. The molecule has 3 nitrogen and oxygen atoms in total. The maximum absolute atomic E-state index is 9.39. The van der Waals surface area contributed by atoms with Gasteiger partial charge in [0.25, 0.3) is 0 Å². The first-order valence-corrected chi connectivity index (χ1v) is 2.08. The Morgan fingerprint density at radius 2 is 2.71 bits per heavy atom. The molecule has 3 heteroatoms. The van der Waals surface area contributed by atoms with Gasteiger partial charge in [-0.25, -0.2) is 9.79 Å². The minimum Gasteiger partial charge on any atom is -0.371 e. The van der Waals surface area contributed by atoms with Crippen molar-refractivity contribution in [3.63, 3.8) is 0 Å². The molecule has 1 fully saturated rings. The molecule has 1 aliphatic rings. The van der Waals surface area contributed by atoms with Gasteiger partial charge in [0.15, 0.2) is 0 Å². The summed E-state index contributed by atoms with van der Waals surface area (Å²) in [5, 5.41) is 0. The van der Waals surface area contributed by atoms with E-state index < -0.39 is 0 Å². The lowest BCUT2D eigenvalue weighted by molar-refractivity contribution is 0.412. The summed E-state index contributed by atoms with van der Waals surface area (Å²) in [6, 6.07) is 0. The molecule has 0 saturated carbocycles. The van der Waals surface area contributed by atoms with Gasteiger partial charge >= 0.3 is 0 Å². The van der Waals surface area contributed by atoms with Gasteiger partial charge < -0.3 is 4.74 Å². The summed E-state index contributed by atoms with van der Waals surface area (Å²) >= 11 is 0. The van der Waals surface area contributed by atoms with Crippen molar-refractivity contribution in [1.29, 1.82) is 0 Å². The van der Waals surface area contributed by atoms with Crippen molar-refractivity contribution in [2.45, 2.75) is 6.10 Å². The molecule has 0 aromatic carbocycles. The van der Waals surface area contributed by atoms with Gasteiger partial charge in [0.05, 0.1) is 13.2 Å². The van der Waals surface area contributed by atoms with E-state index in [4.69, 9.17) is 4.74 Å². The Morgan fingerprint density at radius 1 is 2.00 bits per heavy atom. The minimum atomic E-state index is 0.224. The van der Waals surface area contributed by atoms with Crippen molar-refractivity contribution in [2.24, 2.45) is 4.99 Å². The monoisotopic (exact) mass is 99.0 g/mol. The zero-order valence-electron chi connectivity index (χ0n) is 3.76. The Bertz CT molecular complexity index is 102. The minimum absolute atomic E-state index is 0.224. The molecule has 0 bridgehead atoms. The van der Waals surface area contributed by atoms with E-state index in [1.165, 1.54) is 6.08 Å². The maximum atomic E-state index is 9.39. The first kappa shape index (κ1) is 4.50. The molecule has 38 valence electrons. The smallest absolute Gasteiger partial charge is 0.235 e. The molecule has 0 aromatic heterocycles. The maximum Gasteiger partial charge on any atom is 0.235 e. The molecule has 0 aliphatic carbocycles. The average molecular weight is 99.1 g/mol. The summed E-state index contributed by atoms with van der Waals surface area (Å²) in [6.45, 7) is 1.24. The number of aliphatic imine (C=N–C) groups is 1. The van der Waals surface area contributed by atoms with Crippen molar-refractivity contribution < 1.29 is 9.53 Å². The Morgan fingerprint density at radius 3 is 3.14 bits per heavy atom. The summed E-state index contributed by atoms with van der Waals surface area (Å²) in [5.41, 5.74) is 0. The molecule has 0 spiro atoms. The zero-order valence-corrected chi connectivity index (χ0v) is 3.76. The van der Waals surface area contributed by atoms with Crippen molar-refractivity contribution in [3.8, 4) is 0 Å². The van der Waals surface area contributed by atoms with E-state index in [0.29, 0.717) is 6.54 Å². The third-order valence-corrected chi connectivity index (χ3v) is 0.762. The lowest BCUT2D eigenvalue weighted by Gasteiger charge is -1.72. The van der Waals surface area contributed by atoms with Crippen molar-refractivity contribution >= 4 is 6.08 Å². The summed E-state index contributed by atoms with van der Waals surface area (Å²) < 4.78 is 4.74. The Labute approximate surface area is 41.0 Å². The molecule has 1 aliphatic heterocycles. The lowest BCUT2D eigenvalue weighted by Crippen LogP contribution is -1.87. The number of hydrogen-bond donors (Lipinski definition) is 0. The number of isocyanates is 1. The summed E-state index contributed by atoms with van der Waals surface area (Å²) in [7, 11) is 0. The number of hydrogen-bond acceptors (Lipinski definition) is 3. The largest absolute Gasteiger partial charge is 0.371 e. The predicted octanol–water partition coefficient (Wildman–Crippen LogP) is -0.279. The SMILES string of the molecule is O=C=NCC1CO1. The lowest BCUT2D eigenvalue weighted by atomic mass is 10.5. The third kappa shape index (κ3) is 1.48. The molecule has 1 atom stereocenters. The van der Waals surface area contributed by atoms with Gasteiger partial charge in [0, 0.05) is 0 Å². The second-order valence-electron chi connectivity index (χ2n) is 1.39. The highest BCUT2D eigenvalue weighted by Gasteiger charge is 2.20. The van der Waals surface area contributed by atoms with Crippen LogP contribution in [0.1, 0.15) is 0 Å². The summed E-state index contributed by atoms with van der Waals surface area (Å²) in [6.07, 6.45) is 1.66. The summed E-state index contributed by atoms with van der Waals surface area (Å²) in [4.78, 5) is 12.7.